The van der Waals surface area contributed by atoms with Gasteiger partial charge < -0.3 is 14.2 Å². The zero-order valence-corrected chi connectivity index (χ0v) is 18.2. The molecule has 0 aliphatic carbocycles. The molecule has 0 heterocycles. The molecule has 0 saturated heterocycles. The summed E-state index contributed by atoms with van der Waals surface area (Å²) in [7, 11) is 3.02. The van der Waals surface area contributed by atoms with Crippen LogP contribution in [0, 0.1) is 0 Å². The summed E-state index contributed by atoms with van der Waals surface area (Å²) in [5.41, 5.74) is 1.38. The molecule has 31 heavy (non-hydrogen) atoms. The zero-order chi connectivity index (χ0) is 22.4. The van der Waals surface area contributed by atoms with Crippen LogP contribution in [0.1, 0.15) is 31.1 Å². The maximum absolute atomic E-state index is 11.8. The Hall–Kier alpha value is -3.50. The predicted octanol–water partition coefficient (Wildman–Crippen LogP) is 2.80. The lowest BCUT2D eigenvalue weighted by Gasteiger charge is -2.20. The van der Waals surface area contributed by atoms with Gasteiger partial charge >= 0.3 is 17.9 Å². The van der Waals surface area contributed by atoms with Crippen LogP contribution < -0.4 is 15.9 Å². The summed E-state index contributed by atoms with van der Waals surface area (Å²) in [5.74, 6) is -1.21. The predicted molar refractivity (Wildman–Crippen MR) is 119 cm³/mol. The van der Waals surface area contributed by atoms with Gasteiger partial charge in [-0.15, -0.1) is 0 Å². The molecule has 0 radical (unpaired) electrons. The van der Waals surface area contributed by atoms with Gasteiger partial charge in [-0.1, -0.05) is 36.4 Å². The highest BCUT2D eigenvalue weighted by Gasteiger charge is 2.19. The monoisotopic (exact) mass is 436 g/mol. The van der Waals surface area contributed by atoms with Gasteiger partial charge in [-0.3, -0.25) is 0 Å². The third-order valence-electron chi connectivity index (χ3n) is 4.64. The number of ether oxygens (including phenoxy) is 3. The molecule has 0 amide bonds. The van der Waals surface area contributed by atoms with E-state index in [9.17, 15) is 14.4 Å². The number of hydrogen-bond acceptors (Lipinski definition) is 6. The maximum Gasteiger partial charge on any atom is 0.337 e. The fraction of sp³-hybridized carbons (Fsp3) is 0.125. The molecule has 3 aromatic rings. The number of esters is 3. The molecule has 0 N–H and O–H groups in total. The van der Waals surface area contributed by atoms with Gasteiger partial charge in [0.2, 0.25) is 0 Å². The number of hydrogen-bond donors (Lipinski definition) is 0. The van der Waals surface area contributed by atoms with Crippen molar-refractivity contribution in [3.8, 4) is 0 Å². The number of benzene rings is 3. The Labute approximate surface area is 181 Å². The molecule has 3 rings (SSSR count). The van der Waals surface area contributed by atoms with Crippen molar-refractivity contribution in [1.29, 1.82) is 0 Å². The van der Waals surface area contributed by atoms with Crippen LogP contribution in [-0.4, -0.2) is 39.2 Å². The molecular formula is C24H21O6P. The third-order valence-corrected chi connectivity index (χ3v) is 7.08. The summed E-state index contributed by atoms with van der Waals surface area (Å²) in [6, 6.07) is 21.7. The molecule has 0 saturated carbocycles. The van der Waals surface area contributed by atoms with E-state index in [1.807, 2.05) is 36.4 Å². The molecular weight excluding hydrogens is 415 g/mol. The average molecular weight is 436 g/mol. The third kappa shape index (κ3) is 4.98. The minimum atomic E-state index is -1.01. The normalized spacial score (nSPS) is 10.5. The van der Waals surface area contributed by atoms with Crippen LogP contribution in [0.25, 0.3) is 0 Å². The highest BCUT2D eigenvalue weighted by atomic mass is 31.1. The second-order valence-electron chi connectivity index (χ2n) is 6.45. The average Bonchev–Trinajstić information content (AvgIpc) is 2.84. The molecule has 3 aromatic carbocycles. The van der Waals surface area contributed by atoms with Crippen molar-refractivity contribution in [2.24, 2.45) is 0 Å². The quantitative estimate of drug-likeness (QED) is 0.336. The Morgan fingerprint density at radius 2 is 0.710 bits per heavy atom. The lowest BCUT2D eigenvalue weighted by molar-refractivity contribution is 0.0592. The highest BCUT2D eigenvalue weighted by molar-refractivity contribution is 7.79. The number of methoxy groups -OCH3 is 3. The van der Waals surface area contributed by atoms with Crippen LogP contribution in [0.4, 0.5) is 0 Å². The highest BCUT2D eigenvalue weighted by Crippen LogP contribution is 2.33. The van der Waals surface area contributed by atoms with Gasteiger partial charge in [0, 0.05) is 0 Å². The van der Waals surface area contributed by atoms with Gasteiger partial charge in [-0.25, -0.2) is 14.4 Å². The molecule has 0 bridgehead atoms. The van der Waals surface area contributed by atoms with E-state index in [4.69, 9.17) is 14.2 Å². The fourth-order valence-electron chi connectivity index (χ4n) is 3.04. The molecule has 6 nitrogen and oxygen atoms in total. The zero-order valence-electron chi connectivity index (χ0n) is 17.3. The molecule has 0 aliphatic heterocycles. The van der Waals surface area contributed by atoms with Crippen molar-refractivity contribution in [3.63, 3.8) is 0 Å². The molecule has 0 unspecified atom stereocenters. The first-order valence-corrected chi connectivity index (χ1v) is 10.7. The molecule has 7 heteroatoms. The van der Waals surface area contributed by atoms with Gasteiger partial charge in [-0.05, 0) is 60.2 Å². The van der Waals surface area contributed by atoms with Gasteiger partial charge in [0.25, 0.3) is 0 Å². The fourth-order valence-corrected chi connectivity index (χ4v) is 5.28. The van der Waals surface area contributed by atoms with E-state index in [0.29, 0.717) is 16.7 Å². The van der Waals surface area contributed by atoms with Gasteiger partial charge in [0.05, 0.1) is 38.0 Å². The number of carbonyl (C=O) groups is 3. The Bertz CT molecular complexity index is 931. The smallest absolute Gasteiger partial charge is 0.337 e. The molecule has 0 aromatic heterocycles. The van der Waals surface area contributed by atoms with Crippen molar-refractivity contribution < 1.29 is 28.6 Å². The van der Waals surface area contributed by atoms with Crippen LogP contribution in [0.2, 0.25) is 0 Å². The Morgan fingerprint density at radius 3 is 0.903 bits per heavy atom. The second kappa shape index (κ2) is 10.0. The Morgan fingerprint density at radius 1 is 0.484 bits per heavy atom. The standard InChI is InChI=1S/C24H21O6P/c1-28-22(25)16-4-10-19(11-5-16)31(20-12-6-17(7-13-20)23(26)29-2)21-14-8-18(9-15-21)24(27)30-3/h4-15H,1-3H3. The van der Waals surface area contributed by atoms with Crippen molar-refractivity contribution in [2.45, 2.75) is 0 Å². The van der Waals surface area contributed by atoms with Crippen LogP contribution in [0.5, 0.6) is 0 Å². The molecule has 0 fully saturated rings. The summed E-state index contributed by atoms with van der Waals surface area (Å²) in [6.45, 7) is 0. The molecule has 158 valence electrons. The summed E-state index contributed by atoms with van der Waals surface area (Å²) in [6.07, 6.45) is 0. The lowest BCUT2D eigenvalue weighted by Crippen LogP contribution is -2.21. The van der Waals surface area contributed by atoms with Crippen LogP contribution in [0.15, 0.2) is 72.8 Å². The van der Waals surface area contributed by atoms with Crippen molar-refractivity contribution in [1.82, 2.24) is 0 Å². The first-order chi connectivity index (χ1) is 15.0. The van der Waals surface area contributed by atoms with E-state index in [1.54, 1.807) is 36.4 Å². The van der Waals surface area contributed by atoms with Crippen molar-refractivity contribution in [2.75, 3.05) is 21.3 Å². The lowest BCUT2D eigenvalue weighted by atomic mass is 10.2. The van der Waals surface area contributed by atoms with E-state index in [1.165, 1.54) is 21.3 Å². The summed E-state index contributed by atoms with van der Waals surface area (Å²) < 4.78 is 14.3. The van der Waals surface area contributed by atoms with E-state index in [0.717, 1.165) is 15.9 Å². The largest absolute Gasteiger partial charge is 0.465 e. The minimum absolute atomic E-state index is 0.402. The van der Waals surface area contributed by atoms with E-state index in [-0.39, 0.29) is 0 Å². The number of rotatable bonds is 6. The van der Waals surface area contributed by atoms with E-state index >= 15 is 0 Å². The molecule has 0 spiro atoms. The summed E-state index contributed by atoms with van der Waals surface area (Å²) in [5, 5.41) is 3.00. The van der Waals surface area contributed by atoms with Gasteiger partial charge in [0.15, 0.2) is 0 Å². The first-order valence-electron chi connectivity index (χ1n) is 9.33. The van der Waals surface area contributed by atoms with Crippen molar-refractivity contribution in [3.05, 3.63) is 89.5 Å². The van der Waals surface area contributed by atoms with Crippen molar-refractivity contribution >= 4 is 41.7 Å². The first kappa shape index (κ1) is 22.2. The SMILES string of the molecule is COC(=O)c1ccc(P(c2ccc(C(=O)OC)cc2)c2ccc(C(=O)OC)cc2)cc1. The minimum Gasteiger partial charge on any atom is -0.465 e. The second-order valence-corrected chi connectivity index (χ2v) is 8.67. The Balaban J connectivity index is 2.04. The van der Waals surface area contributed by atoms with E-state index < -0.39 is 25.8 Å². The van der Waals surface area contributed by atoms with E-state index in [2.05, 4.69) is 0 Å². The maximum atomic E-state index is 11.8. The van der Waals surface area contributed by atoms with Crippen LogP contribution >= 0.6 is 7.92 Å². The molecule has 0 atom stereocenters. The van der Waals surface area contributed by atoms with Crippen LogP contribution in [0.3, 0.4) is 0 Å². The van der Waals surface area contributed by atoms with Gasteiger partial charge in [0.1, 0.15) is 0 Å². The Kier molecular flexibility index (Phi) is 7.16. The summed E-state index contributed by atoms with van der Waals surface area (Å²) >= 11 is 0. The number of carbonyl (C=O) groups excluding carboxylic acids is 3. The molecule has 0 aliphatic rings. The topological polar surface area (TPSA) is 78.9 Å². The summed E-state index contributed by atoms with van der Waals surface area (Å²) in [4.78, 5) is 35.4. The van der Waals surface area contributed by atoms with Crippen LogP contribution in [-0.2, 0) is 14.2 Å². The van der Waals surface area contributed by atoms with Gasteiger partial charge in [-0.2, -0.15) is 0 Å².